The number of tetrazole rings is 1. The maximum absolute atomic E-state index is 13.0. The molecule has 0 aliphatic rings. The quantitative estimate of drug-likeness (QED) is 0.542. The lowest BCUT2D eigenvalue weighted by Crippen LogP contribution is -2.29. The van der Waals surface area contributed by atoms with Crippen LogP contribution in [-0.4, -0.2) is 35.7 Å². The number of imidazole rings is 1. The summed E-state index contributed by atoms with van der Waals surface area (Å²) in [5.41, 5.74) is 2.97. The Hall–Kier alpha value is -3.07. The third-order valence-corrected chi connectivity index (χ3v) is 4.85. The molecule has 0 unspecified atom stereocenters. The first-order valence-electron chi connectivity index (χ1n) is 8.29. The second-order valence-electron chi connectivity index (χ2n) is 6.13. The molecule has 1 atom stereocenters. The number of carbonyl (C=O) groups is 1. The Labute approximate surface area is 163 Å². The average molecular weight is 426 g/mol. The van der Waals surface area contributed by atoms with Crippen LogP contribution in [0.25, 0.3) is 16.7 Å². The SMILES string of the molecule is C[C@H](NC(=O)c1cc(Br)ccc1-n1cnnn1)c1nc2ccccc2n1C. The van der Waals surface area contributed by atoms with Crippen LogP contribution in [0.4, 0.5) is 0 Å². The van der Waals surface area contributed by atoms with Gasteiger partial charge in [0.25, 0.3) is 5.91 Å². The smallest absolute Gasteiger partial charge is 0.254 e. The normalized spacial score (nSPS) is 12.3. The molecule has 1 amide bonds. The van der Waals surface area contributed by atoms with Gasteiger partial charge in [-0.15, -0.1) is 5.10 Å². The zero-order valence-electron chi connectivity index (χ0n) is 14.7. The molecule has 0 spiro atoms. The van der Waals surface area contributed by atoms with Gasteiger partial charge in [-0.25, -0.2) is 4.98 Å². The Kier molecular flexibility index (Phi) is 4.44. The van der Waals surface area contributed by atoms with Crippen molar-refractivity contribution in [1.29, 1.82) is 0 Å². The van der Waals surface area contributed by atoms with Crippen LogP contribution in [0.15, 0.2) is 53.3 Å². The van der Waals surface area contributed by atoms with E-state index < -0.39 is 0 Å². The highest BCUT2D eigenvalue weighted by atomic mass is 79.9. The predicted octanol–water partition coefficient (Wildman–Crippen LogP) is 2.80. The highest BCUT2D eigenvalue weighted by Crippen LogP contribution is 2.22. The number of halogens is 1. The van der Waals surface area contributed by atoms with Crippen molar-refractivity contribution < 1.29 is 4.79 Å². The number of aryl methyl sites for hydroxylation is 1. The van der Waals surface area contributed by atoms with Crippen LogP contribution in [0.5, 0.6) is 0 Å². The third kappa shape index (κ3) is 3.21. The number of para-hydroxylation sites is 2. The van der Waals surface area contributed by atoms with Gasteiger partial charge in [0.15, 0.2) is 0 Å². The minimum atomic E-state index is -0.282. The van der Waals surface area contributed by atoms with Gasteiger partial charge in [0.1, 0.15) is 12.2 Å². The second kappa shape index (κ2) is 6.92. The van der Waals surface area contributed by atoms with E-state index in [4.69, 9.17) is 0 Å². The van der Waals surface area contributed by atoms with Gasteiger partial charge in [0.2, 0.25) is 0 Å². The van der Waals surface area contributed by atoms with E-state index in [9.17, 15) is 4.79 Å². The van der Waals surface area contributed by atoms with Crippen molar-refractivity contribution >= 4 is 32.9 Å². The lowest BCUT2D eigenvalue weighted by atomic mass is 10.1. The lowest BCUT2D eigenvalue weighted by molar-refractivity contribution is 0.0937. The number of hydrogen-bond acceptors (Lipinski definition) is 5. The molecule has 4 aromatic rings. The lowest BCUT2D eigenvalue weighted by Gasteiger charge is -2.16. The van der Waals surface area contributed by atoms with Gasteiger partial charge in [0, 0.05) is 11.5 Å². The molecule has 0 saturated carbocycles. The highest BCUT2D eigenvalue weighted by Gasteiger charge is 2.20. The molecule has 8 nitrogen and oxygen atoms in total. The second-order valence-corrected chi connectivity index (χ2v) is 7.04. The number of rotatable bonds is 4. The van der Waals surface area contributed by atoms with Gasteiger partial charge >= 0.3 is 0 Å². The number of hydrogen-bond donors (Lipinski definition) is 1. The Bertz CT molecular complexity index is 1120. The monoisotopic (exact) mass is 425 g/mol. The summed E-state index contributed by atoms with van der Waals surface area (Å²) < 4.78 is 4.24. The summed E-state index contributed by atoms with van der Waals surface area (Å²) in [6.45, 7) is 1.91. The maximum atomic E-state index is 13.0. The molecule has 0 saturated heterocycles. The molecule has 9 heteroatoms. The van der Waals surface area contributed by atoms with Crippen LogP contribution >= 0.6 is 15.9 Å². The van der Waals surface area contributed by atoms with Gasteiger partial charge in [-0.1, -0.05) is 28.1 Å². The van der Waals surface area contributed by atoms with Crippen LogP contribution in [0.1, 0.15) is 29.1 Å². The predicted molar refractivity (Wildman–Crippen MR) is 103 cm³/mol. The number of amides is 1. The summed E-state index contributed by atoms with van der Waals surface area (Å²) in [4.78, 5) is 17.6. The van der Waals surface area contributed by atoms with Crippen molar-refractivity contribution in [2.24, 2.45) is 7.05 Å². The number of carbonyl (C=O) groups excluding carboxylic acids is 1. The van der Waals surface area contributed by atoms with E-state index in [2.05, 4.69) is 41.8 Å². The summed E-state index contributed by atoms with van der Waals surface area (Å²) in [6.07, 6.45) is 1.45. The summed E-state index contributed by atoms with van der Waals surface area (Å²) in [5, 5.41) is 14.2. The van der Waals surface area contributed by atoms with Crippen molar-refractivity contribution in [3.63, 3.8) is 0 Å². The first kappa shape index (κ1) is 17.3. The van der Waals surface area contributed by atoms with E-state index in [0.717, 1.165) is 21.3 Å². The average Bonchev–Trinajstić information content (AvgIpc) is 3.30. The van der Waals surface area contributed by atoms with Gasteiger partial charge in [0.05, 0.1) is 28.3 Å². The van der Waals surface area contributed by atoms with Crippen molar-refractivity contribution in [2.75, 3.05) is 0 Å². The minimum absolute atomic E-state index is 0.235. The molecular weight excluding hydrogens is 410 g/mol. The fraction of sp³-hybridized carbons (Fsp3) is 0.167. The van der Waals surface area contributed by atoms with Crippen molar-refractivity contribution in [3.05, 3.63) is 64.7 Å². The molecule has 1 N–H and O–H groups in total. The Morgan fingerprint density at radius 1 is 1.22 bits per heavy atom. The number of nitrogens with one attached hydrogen (secondary N) is 1. The highest BCUT2D eigenvalue weighted by molar-refractivity contribution is 9.10. The van der Waals surface area contributed by atoms with Gasteiger partial charge in [-0.05, 0) is 47.7 Å². The summed E-state index contributed by atoms with van der Waals surface area (Å²) in [5.74, 6) is 0.546. The first-order chi connectivity index (χ1) is 13.0. The Morgan fingerprint density at radius 2 is 2.04 bits per heavy atom. The topological polar surface area (TPSA) is 90.5 Å². The molecular formula is C18H16BrN7O. The van der Waals surface area contributed by atoms with E-state index in [0.29, 0.717) is 11.3 Å². The first-order valence-corrected chi connectivity index (χ1v) is 9.09. The van der Waals surface area contributed by atoms with Gasteiger partial charge in [-0.2, -0.15) is 4.68 Å². The molecule has 0 radical (unpaired) electrons. The van der Waals surface area contributed by atoms with Crippen LogP contribution in [-0.2, 0) is 7.05 Å². The van der Waals surface area contributed by atoms with E-state index in [1.807, 2.05) is 48.9 Å². The van der Waals surface area contributed by atoms with Crippen LogP contribution in [0.2, 0.25) is 0 Å². The van der Waals surface area contributed by atoms with Crippen LogP contribution in [0.3, 0.4) is 0 Å². The summed E-state index contributed by atoms with van der Waals surface area (Å²) in [7, 11) is 1.94. The van der Waals surface area contributed by atoms with Crippen molar-refractivity contribution in [1.82, 2.24) is 35.1 Å². The zero-order chi connectivity index (χ0) is 19.0. The molecule has 4 rings (SSSR count). The molecule has 0 bridgehead atoms. The summed E-state index contributed by atoms with van der Waals surface area (Å²) in [6, 6.07) is 13.0. The van der Waals surface area contributed by atoms with Crippen LogP contribution < -0.4 is 5.32 Å². The minimum Gasteiger partial charge on any atom is -0.342 e. The number of benzene rings is 2. The molecule has 136 valence electrons. The van der Waals surface area contributed by atoms with E-state index in [1.54, 1.807) is 12.1 Å². The molecule has 2 aromatic carbocycles. The molecule has 0 aliphatic carbocycles. The molecule has 27 heavy (non-hydrogen) atoms. The molecule has 2 heterocycles. The third-order valence-electron chi connectivity index (χ3n) is 4.36. The van der Waals surface area contributed by atoms with E-state index >= 15 is 0 Å². The van der Waals surface area contributed by atoms with Gasteiger partial charge in [-0.3, -0.25) is 4.79 Å². The van der Waals surface area contributed by atoms with Crippen LogP contribution in [0, 0.1) is 0 Å². The van der Waals surface area contributed by atoms with Crippen molar-refractivity contribution in [3.8, 4) is 5.69 Å². The largest absolute Gasteiger partial charge is 0.342 e. The maximum Gasteiger partial charge on any atom is 0.254 e. The molecule has 0 fully saturated rings. The van der Waals surface area contributed by atoms with Crippen molar-refractivity contribution in [2.45, 2.75) is 13.0 Å². The van der Waals surface area contributed by atoms with E-state index in [1.165, 1.54) is 11.0 Å². The molecule has 2 aromatic heterocycles. The molecule has 0 aliphatic heterocycles. The fourth-order valence-electron chi connectivity index (χ4n) is 3.05. The summed E-state index contributed by atoms with van der Waals surface area (Å²) >= 11 is 3.42. The Balaban J connectivity index is 1.66. The standard InChI is InChI=1S/C18H16BrN7O/c1-11(17-22-14-5-3-4-6-16(14)25(17)2)21-18(27)13-9-12(19)7-8-15(13)26-10-20-23-24-26/h3-11H,1-2H3,(H,21,27)/t11-/m0/s1. The fourth-order valence-corrected chi connectivity index (χ4v) is 3.41. The number of fused-ring (bicyclic) bond motifs is 1. The van der Waals surface area contributed by atoms with Gasteiger partial charge < -0.3 is 9.88 Å². The van der Waals surface area contributed by atoms with E-state index in [-0.39, 0.29) is 11.9 Å². The number of aromatic nitrogens is 6. The Morgan fingerprint density at radius 3 is 2.78 bits per heavy atom. The number of nitrogens with zero attached hydrogens (tertiary/aromatic N) is 6. The zero-order valence-corrected chi connectivity index (χ0v) is 16.3.